The molecule has 0 aliphatic heterocycles. The van der Waals surface area contributed by atoms with E-state index in [1.165, 1.54) is 30.6 Å². The van der Waals surface area contributed by atoms with Crippen LogP contribution >= 0.6 is 11.3 Å². The van der Waals surface area contributed by atoms with Gasteiger partial charge in [0.15, 0.2) is 5.13 Å². The Balaban J connectivity index is 1.82. The number of hydrogen-bond acceptors (Lipinski definition) is 4. The molecule has 108 valence electrons. The first-order chi connectivity index (χ1) is 9.24. The van der Waals surface area contributed by atoms with Crippen LogP contribution in [-0.4, -0.2) is 24.1 Å². The molecule has 4 heteroatoms. The molecule has 3 nitrogen and oxygen atoms in total. The Kier molecular flexibility index (Phi) is 5.64. The largest absolute Gasteiger partial charge is 0.349 e. The summed E-state index contributed by atoms with van der Waals surface area (Å²) >= 11 is 1.83. The van der Waals surface area contributed by atoms with Gasteiger partial charge in [-0.2, -0.15) is 0 Å². The molecule has 1 fully saturated rings. The summed E-state index contributed by atoms with van der Waals surface area (Å²) < 4.78 is 0. The molecule has 0 bridgehead atoms. The summed E-state index contributed by atoms with van der Waals surface area (Å²) in [5.41, 5.74) is 0. The van der Waals surface area contributed by atoms with Crippen molar-refractivity contribution >= 4 is 16.5 Å². The summed E-state index contributed by atoms with van der Waals surface area (Å²) in [6, 6.07) is 0.640. The Morgan fingerprint density at radius 2 is 2.05 bits per heavy atom. The maximum Gasteiger partial charge on any atom is 0.185 e. The highest BCUT2D eigenvalue weighted by Crippen LogP contribution is 2.28. The van der Waals surface area contributed by atoms with Crippen LogP contribution in [0.3, 0.4) is 0 Å². The molecule has 1 aromatic heterocycles. The van der Waals surface area contributed by atoms with Gasteiger partial charge in [0.05, 0.1) is 0 Å². The van der Waals surface area contributed by atoms with Gasteiger partial charge in [-0.25, -0.2) is 4.98 Å². The average molecular weight is 281 g/mol. The second-order valence-electron chi connectivity index (χ2n) is 5.50. The quantitative estimate of drug-likeness (QED) is 0.827. The predicted octanol–water partition coefficient (Wildman–Crippen LogP) is 3.66. The normalized spacial score (nSPS) is 17.8. The SMILES string of the molecule is CCN(CC)c1ncc(CN[C@@H](C)C2CCCC2)s1. The number of anilines is 1. The topological polar surface area (TPSA) is 28.2 Å². The maximum absolute atomic E-state index is 4.54. The second-order valence-corrected chi connectivity index (χ2v) is 6.59. The zero-order valence-electron chi connectivity index (χ0n) is 12.5. The molecule has 19 heavy (non-hydrogen) atoms. The molecule has 0 radical (unpaired) electrons. The van der Waals surface area contributed by atoms with Crippen molar-refractivity contribution in [3.63, 3.8) is 0 Å². The van der Waals surface area contributed by atoms with Gasteiger partial charge in [-0.3, -0.25) is 0 Å². The molecule has 1 atom stereocenters. The van der Waals surface area contributed by atoms with Gasteiger partial charge in [-0.05, 0) is 39.5 Å². The van der Waals surface area contributed by atoms with E-state index in [-0.39, 0.29) is 0 Å². The Labute approximate surface area is 121 Å². The first-order valence-electron chi connectivity index (χ1n) is 7.67. The molecular formula is C15H27N3S. The minimum Gasteiger partial charge on any atom is -0.349 e. The van der Waals surface area contributed by atoms with E-state index >= 15 is 0 Å². The second kappa shape index (κ2) is 7.25. The van der Waals surface area contributed by atoms with Crippen LogP contribution in [0.5, 0.6) is 0 Å². The van der Waals surface area contributed by atoms with E-state index in [1.54, 1.807) is 0 Å². The fraction of sp³-hybridized carbons (Fsp3) is 0.800. The summed E-state index contributed by atoms with van der Waals surface area (Å²) in [6.45, 7) is 9.75. The van der Waals surface area contributed by atoms with Gasteiger partial charge in [-0.15, -0.1) is 11.3 Å². The zero-order chi connectivity index (χ0) is 13.7. The summed E-state index contributed by atoms with van der Waals surface area (Å²) in [5.74, 6) is 0.884. The van der Waals surface area contributed by atoms with Crippen LogP contribution in [0.15, 0.2) is 6.20 Å². The zero-order valence-corrected chi connectivity index (χ0v) is 13.3. The number of nitrogens with one attached hydrogen (secondary N) is 1. The monoisotopic (exact) mass is 281 g/mol. The smallest absolute Gasteiger partial charge is 0.185 e. The average Bonchev–Trinajstić information content (AvgIpc) is 3.09. The highest BCUT2D eigenvalue weighted by molar-refractivity contribution is 7.15. The molecule has 1 aliphatic carbocycles. The van der Waals surface area contributed by atoms with Gasteiger partial charge in [0.25, 0.3) is 0 Å². The minimum atomic E-state index is 0.640. The lowest BCUT2D eigenvalue weighted by atomic mass is 10.00. The Hall–Kier alpha value is -0.610. The van der Waals surface area contributed by atoms with Crippen LogP contribution in [-0.2, 0) is 6.54 Å². The van der Waals surface area contributed by atoms with E-state index in [0.29, 0.717) is 6.04 Å². The van der Waals surface area contributed by atoms with E-state index in [2.05, 4.69) is 36.0 Å². The van der Waals surface area contributed by atoms with Crippen LogP contribution in [0.4, 0.5) is 5.13 Å². The molecule has 1 saturated carbocycles. The van der Waals surface area contributed by atoms with Crippen LogP contribution < -0.4 is 10.2 Å². The standard InChI is InChI=1S/C15H27N3S/c1-4-18(5-2)15-17-11-14(19-15)10-16-12(3)13-8-6-7-9-13/h11-13,16H,4-10H2,1-3H3/t12-/m0/s1. The maximum atomic E-state index is 4.54. The number of hydrogen-bond donors (Lipinski definition) is 1. The molecule has 1 aromatic rings. The van der Waals surface area contributed by atoms with Gasteiger partial charge in [0, 0.05) is 36.8 Å². The lowest BCUT2D eigenvalue weighted by Crippen LogP contribution is -2.31. The van der Waals surface area contributed by atoms with Crippen molar-refractivity contribution in [1.29, 1.82) is 0 Å². The lowest BCUT2D eigenvalue weighted by Gasteiger charge is -2.20. The minimum absolute atomic E-state index is 0.640. The highest BCUT2D eigenvalue weighted by Gasteiger charge is 2.21. The molecule has 1 N–H and O–H groups in total. The van der Waals surface area contributed by atoms with Gasteiger partial charge in [0.1, 0.15) is 0 Å². The van der Waals surface area contributed by atoms with Crippen molar-refractivity contribution in [2.24, 2.45) is 5.92 Å². The number of aromatic nitrogens is 1. The van der Waals surface area contributed by atoms with Crippen LogP contribution in [0.25, 0.3) is 0 Å². The van der Waals surface area contributed by atoms with Gasteiger partial charge < -0.3 is 10.2 Å². The Morgan fingerprint density at radius 3 is 2.68 bits per heavy atom. The van der Waals surface area contributed by atoms with Crippen molar-refractivity contribution in [1.82, 2.24) is 10.3 Å². The van der Waals surface area contributed by atoms with Crippen LogP contribution in [0.1, 0.15) is 51.3 Å². The van der Waals surface area contributed by atoms with Crippen molar-refractivity contribution in [3.8, 4) is 0 Å². The molecule has 0 amide bonds. The number of nitrogens with zero attached hydrogens (tertiary/aromatic N) is 2. The number of thiazole rings is 1. The van der Waals surface area contributed by atoms with Crippen molar-refractivity contribution in [2.45, 2.75) is 59.0 Å². The predicted molar refractivity (Wildman–Crippen MR) is 83.9 cm³/mol. The van der Waals surface area contributed by atoms with Crippen LogP contribution in [0, 0.1) is 5.92 Å². The summed E-state index contributed by atoms with van der Waals surface area (Å²) in [4.78, 5) is 8.21. The molecule has 1 aliphatic rings. The van der Waals surface area contributed by atoms with Gasteiger partial charge in [-0.1, -0.05) is 12.8 Å². The molecule has 2 rings (SSSR count). The Bertz CT molecular complexity index is 367. The third-order valence-corrected chi connectivity index (χ3v) is 5.34. The van der Waals surface area contributed by atoms with Crippen molar-refractivity contribution < 1.29 is 0 Å². The van der Waals surface area contributed by atoms with Crippen molar-refractivity contribution in [3.05, 3.63) is 11.1 Å². The summed E-state index contributed by atoms with van der Waals surface area (Å²) in [6.07, 6.45) is 7.68. The summed E-state index contributed by atoms with van der Waals surface area (Å²) in [7, 11) is 0. The molecule has 0 aromatic carbocycles. The number of rotatable bonds is 7. The van der Waals surface area contributed by atoms with Gasteiger partial charge in [0.2, 0.25) is 0 Å². The van der Waals surface area contributed by atoms with E-state index in [4.69, 9.17) is 0 Å². The third-order valence-electron chi connectivity index (χ3n) is 4.28. The van der Waals surface area contributed by atoms with E-state index in [9.17, 15) is 0 Å². The molecule has 0 spiro atoms. The molecule has 0 saturated heterocycles. The highest BCUT2D eigenvalue weighted by atomic mass is 32.1. The first kappa shape index (κ1) is 14.8. The lowest BCUT2D eigenvalue weighted by molar-refractivity contribution is 0.381. The van der Waals surface area contributed by atoms with E-state index in [0.717, 1.165) is 30.7 Å². The van der Waals surface area contributed by atoms with Crippen LogP contribution in [0.2, 0.25) is 0 Å². The van der Waals surface area contributed by atoms with E-state index in [1.807, 2.05) is 17.5 Å². The van der Waals surface area contributed by atoms with Crippen molar-refractivity contribution in [2.75, 3.05) is 18.0 Å². The third kappa shape index (κ3) is 3.93. The van der Waals surface area contributed by atoms with Gasteiger partial charge >= 0.3 is 0 Å². The fourth-order valence-electron chi connectivity index (χ4n) is 2.90. The molecule has 1 heterocycles. The summed E-state index contributed by atoms with van der Waals surface area (Å²) in [5, 5.41) is 4.84. The molecular weight excluding hydrogens is 254 g/mol. The first-order valence-corrected chi connectivity index (χ1v) is 8.49. The Morgan fingerprint density at radius 1 is 1.37 bits per heavy atom. The fourth-order valence-corrected chi connectivity index (χ4v) is 3.89. The molecule has 0 unspecified atom stereocenters. The van der Waals surface area contributed by atoms with E-state index < -0.39 is 0 Å².